The number of fused-ring (bicyclic) bond motifs is 1. The van der Waals surface area contributed by atoms with Gasteiger partial charge >= 0.3 is 0 Å². The first-order valence-corrected chi connectivity index (χ1v) is 7.87. The van der Waals surface area contributed by atoms with Crippen LogP contribution in [0.4, 0.5) is 5.82 Å². The van der Waals surface area contributed by atoms with Gasteiger partial charge in [-0.05, 0) is 43.7 Å². The molecule has 0 radical (unpaired) electrons. The minimum Gasteiger partial charge on any atom is -0.373 e. The number of aromatic nitrogens is 2. The molecule has 0 bridgehead atoms. The van der Waals surface area contributed by atoms with E-state index in [1.54, 1.807) is 0 Å². The monoisotopic (exact) mass is 281 g/mol. The summed E-state index contributed by atoms with van der Waals surface area (Å²) in [5.74, 6) is 2.30. The smallest absolute Gasteiger partial charge is 0.138 e. The number of nitrogens with zero attached hydrogens (tertiary/aromatic N) is 2. The number of nitrogens with one attached hydrogen (secondary N) is 1. The Morgan fingerprint density at radius 2 is 2.05 bits per heavy atom. The summed E-state index contributed by atoms with van der Waals surface area (Å²) in [4.78, 5) is 9.65. The van der Waals surface area contributed by atoms with E-state index in [1.807, 2.05) is 7.05 Å². The van der Waals surface area contributed by atoms with Crippen LogP contribution in [-0.2, 0) is 12.8 Å². The number of hydrogen-bond donors (Lipinski definition) is 1. The minimum atomic E-state index is 0.339. The molecule has 0 aliphatic heterocycles. The van der Waals surface area contributed by atoms with Gasteiger partial charge in [-0.2, -0.15) is 0 Å². The molecule has 0 spiro atoms. The van der Waals surface area contributed by atoms with Gasteiger partial charge < -0.3 is 5.32 Å². The van der Waals surface area contributed by atoms with Crippen LogP contribution < -0.4 is 5.32 Å². The SMILES string of the molecule is CCc1c(C)nc(C2CCCc3ccccc32)nc1NC. The van der Waals surface area contributed by atoms with Gasteiger partial charge in [0.25, 0.3) is 0 Å². The zero-order chi connectivity index (χ0) is 14.8. The molecular formula is C18H23N3. The van der Waals surface area contributed by atoms with E-state index in [0.29, 0.717) is 5.92 Å². The number of hydrogen-bond acceptors (Lipinski definition) is 3. The highest BCUT2D eigenvalue weighted by atomic mass is 15.0. The number of anilines is 1. The third-order valence-electron chi connectivity index (χ3n) is 4.50. The lowest BCUT2D eigenvalue weighted by Crippen LogP contribution is -2.16. The van der Waals surface area contributed by atoms with Crippen molar-refractivity contribution in [3.63, 3.8) is 0 Å². The predicted octanol–water partition coefficient (Wildman–Crippen LogP) is 3.86. The summed E-state index contributed by atoms with van der Waals surface area (Å²) < 4.78 is 0. The van der Waals surface area contributed by atoms with Crippen LogP contribution in [-0.4, -0.2) is 17.0 Å². The lowest BCUT2D eigenvalue weighted by atomic mass is 9.82. The molecular weight excluding hydrogens is 258 g/mol. The maximum atomic E-state index is 4.82. The molecule has 1 unspecified atom stereocenters. The van der Waals surface area contributed by atoms with Gasteiger partial charge in [-0.3, -0.25) is 0 Å². The van der Waals surface area contributed by atoms with Crippen LogP contribution >= 0.6 is 0 Å². The summed E-state index contributed by atoms with van der Waals surface area (Å²) in [6.45, 7) is 4.25. The van der Waals surface area contributed by atoms with Gasteiger partial charge in [0, 0.05) is 24.2 Å². The van der Waals surface area contributed by atoms with Crippen molar-refractivity contribution in [2.24, 2.45) is 0 Å². The maximum absolute atomic E-state index is 4.82. The van der Waals surface area contributed by atoms with Gasteiger partial charge in [-0.15, -0.1) is 0 Å². The van der Waals surface area contributed by atoms with Crippen molar-refractivity contribution in [2.75, 3.05) is 12.4 Å². The average Bonchev–Trinajstić information content (AvgIpc) is 2.53. The summed E-state index contributed by atoms with van der Waals surface area (Å²) in [6.07, 6.45) is 4.50. The molecule has 1 aromatic heterocycles. The second kappa shape index (κ2) is 5.84. The van der Waals surface area contributed by atoms with E-state index in [2.05, 4.69) is 43.4 Å². The van der Waals surface area contributed by atoms with Crippen molar-refractivity contribution in [3.05, 3.63) is 52.5 Å². The molecule has 3 rings (SSSR count). The molecule has 0 saturated heterocycles. The van der Waals surface area contributed by atoms with Crippen LogP contribution in [0.1, 0.15) is 53.9 Å². The lowest BCUT2D eigenvalue weighted by Gasteiger charge is -2.25. The Morgan fingerprint density at radius 3 is 2.81 bits per heavy atom. The Balaban J connectivity index is 2.08. The van der Waals surface area contributed by atoms with Crippen molar-refractivity contribution < 1.29 is 0 Å². The molecule has 3 nitrogen and oxygen atoms in total. The molecule has 1 aliphatic carbocycles. The molecule has 21 heavy (non-hydrogen) atoms. The molecule has 0 saturated carbocycles. The zero-order valence-electron chi connectivity index (χ0n) is 13.1. The molecule has 3 heteroatoms. The quantitative estimate of drug-likeness (QED) is 0.928. The van der Waals surface area contributed by atoms with Crippen LogP contribution in [0.5, 0.6) is 0 Å². The van der Waals surface area contributed by atoms with Gasteiger partial charge in [0.15, 0.2) is 0 Å². The first-order chi connectivity index (χ1) is 10.2. The van der Waals surface area contributed by atoms with Crippen LogP contribution in [0, 0.1) is 6.92 Å². The zero-order valence-corrected chi connectivity index (χ0v) is 13.1. The molecule has 1 N–H and O–H groups in total. The highest BCUT2D eigenvalue weighted by Crippen LogP contribution is 2.35. The van der Waals surface area contributed by atoms with E-state index in [0.717, 1.165) is 30.2 Å². The van der Waals surface area contributed by atoms with Gasteiger partial charge in [0.2, 0.25) is 0 Å². The number of rotatable bonds is 3. The summed E-state index contributed by atoms with van der Waals surface area (Å²) in [5.41, 5.74) is 5.20. The molecule has 2 aromatic rings. The summed E-state index contributed by atoms with van der Waals surface area (Å²) in [7, 11) is 1.94. The Hall–Kier alpha value is -1.90. The van der Waals surface area contributed by atoms with Crippen molar-refractivity contribution >= 4 is 5.82 Å². The van der Waals surface area contributed by atoms with Crippen LogP contribution in [0.25, 0.3) is 0 Å². The van der Waals surface area contributed by atoms with Gasteiger partial charge in [0.1, 0.15) is 11.6 Å². The van der Waals surface area contributed by atoms with E-state index in [-0.39, 0.29) is 0 Å². The molecule has 0 amide bonds. The maximum Gasteiger partial charge on any atom is 0.138 e. The van der Waals surface area contributed by atoms with Crippen LogP contribution in [0.3, 0.4) is 0 Å². The fourth-order valence-corrected chi connectivity index (χ4v) is 3.43. The van der Waals surface area contributed by atoms with Crippen LogP contribution in [0.2, 0.25) is 0 Å². The highest BCUT2D eigenvalue weighted by Gasteiger charge is 2.25. The van der Waals surface area contributed by atoms with E-state index in [9.17, 15) is 0 Å². The van der Waals surface area contributed by atoms with Crippen LogP contribution in [0.15, 0.2) is 24.3 Å². The fourth-order valence-electron chi connectivity index (χ4n) is 3.43. The second-order valence-corrected chi connectivity index (χ2v) is 5.74. The molecule has 0 fully saturated rings. The molecule has 1 aromatic carbocycles. The van der Waals surface area contributed by atoms with E-state index >= 15 is 0 Å². The minimum absolute atomic E-state index is 0.339. The molecule has 1 atom stereocenters. The number of benzene rings is 1. The topological polar surface area (TPSA) is 37.8 Å². The largest absolute Gasteiger partial charge is 0.373 e. The Bertz CT molecular complexity index is 649. The second-order valence-electron chi connectivity index (χ2n) is 5.74. The Morgan fingerprint density at radius 1 is 1.24 bits per heavy atom. The molecule has 110 valence electrons. The number of aryl methyl sites for hydroxylation is 2. The standard InChI is InChI=1S/C18H23N3/c1-4-14-12(2)20-18(21-17(14)19-3)16-11-7-9-13-8-5-6-10-15(13)16/h5-6,8,10,16H,4,7,9,11H2,1-3H3,(H,19,20,21). The first kappa shape index (κ1) is 14.1. The van der Waals surface area contributed by atoms with Gasteiger partial charge in [-0.25, -0.2) is 9.97 Å². The summed E-state index contributed by atoms with van der Waals surface area (Å²) in [5, 5.41) is 3.24. The average molecular weight is 281 g/mol. The summed E-state index contributed by atoms with van der Waals surface area (Å²) in [6, 6.07) is 8.74. The van der Waals surface area contributed by atoms with Gasteiger partial charge in [-0.1, -0.05) is 31.2 Å². The fraction of sp³-hybridized carbons (Fsp3) is 0.444. The van der Waals surface area contributed by atoms with Gasteiger partial charge in [0.05, 0.1) is 0 Å². The molecule has 1 aliphatic rings. The third-order valence-corrected chi connectivity index (χ3v) is 4.50. The summed E-state index contributed by atoms with van der Waals surface area (Å²) >= 11 is 0. The lowest BCUT2D eigenvalue weighted by molar-refractivity contribution is 0.588. The van der Waals surface area contributed by atoms with Crippen molar-refractivity contribution in [1.82, 2.24) is 9.97 Å². The normalized spacial score (nSPS) is 17.4. The Kier molecular flexibility index (Phi) is 3.91. The third kappa shape index (κ3) is 2.53. The first-order valence-electron chi connectivity index (χ1n) is 7.87. The van der Waals surface area contributed by atoms with E-state index < -0.39 is 0 Å². The predicted molar refractivity (Wildman–Crippen MR) is 86.9 cm³/mol. The molecule has 1 heterocycles. The van der Waals surface area contributed by atoms with Crippen molar-refractivity contribution in [3.8, 4) is 0 Å². The van der Waals surface area contributed by atoms with Crippen molar-refractivity contribution in [2.45, 2.75) is 45.4 Å². The van der Waals surface area contributed by atoms with Crippen molar-refractivity contribution in [1.29, 1.82) is 0 Å². The Labute approximate surface area is 126 Å². The van der Waals surface area contributed by atoms with E-state index in [4.69, 9.17) is 9.97 Å². The highest BCUT2D eigenvalue weighted by molar-refractivity contribution is 5.47. The van der Waals surface area contributed by atoms with E-state index in [1.165, 1.54) is 29.5 Å².